The number of benzene rings is 2. The zero-order valence-electron chi connectivity index (χ0n) is 18.3. The summed E-state index contributed by atoms with van der Waals surface area (Å²) in [4.78, 5) is 12.9. The molecule has 0 bridgehead atoms. The van der Waals surface area contributed by atoms with Crippen LogP contribution in [0, 0.1) is 0 Å². The third-order valence-electron chi connectivity index (χ3n) is 4.07. The molecule has 5 nitrogen and oxygen atoms in total. The smallest absolute Gasteiger partial charge is 1.00 e. The molecule has 0 saturated heterocycles. The first kappa shape index (κ1) is 24.4. The van der Waals surface area contributed by atoms with E-state index < -0.39 is 0 Å². The summed E-state index contributed by atoms with van der Waals surface area (Å²) < 4.78 is 21.7. The van der Waals surface area contributed by atoms with Crippen LogP contribution in [0.1, 0.15) is 38.0 Å². The van der Waals surface area contributed by atoms with Crippen LogP contribution in [0.5, 0.6) is 23.0 Å². The first-order chi connectivity index (χ1) is 13.1. The first-order valence-electron chi connectivity index (χ1n) is 8.97. The molecular formula is C21H28LiO5P. The van der Waals surface area contributed by atoms with E-state index >= 15 is 0 Å². The van der Waals surface area contributed by atoms with Crippen molar-refractivity contribution in [3.63, 3.8) is 0 Å². The van der Waals surface area contributed by atoms with E-state index in [0.717, 1.165) is 17.5 Å². The molecule has 2 aromatic carbocycles. The van der Waals surface area contributed by atoms with Crippen LogP contribution in [0.2, 0.25) is 0 Å². The molecule has 0 amide bonds. The number of hydrogen-bond acceptors (Lipinski definition) is 5. The zero-order valence-corrected chi connectivity index (χ0v) is 18.3. The second-order valence-electron chi connectivity index (χ2n) is 5.94. The van der Waals surface area contributed by atoms with Crippen molar-refractivity contribution in [3.05, 3.63) is 42.0 Å². The molecule has 2 aromatic rings. The Bertz CT molecular complexity index is 730. The monoisotopic (exact) mass is 398 g/mol. The Morgan fingerprint density at radius 3 is 2.04 bits per heavy atom. The molecule has 0 spiro atoms. The summed E-state index contributed by atoms with van der Waals surface area (Å²) in [7, 11) is 4.57. The van der Waals surface area contributed by atoms with E-state index in [1.807, 2.05) is 24.3 Å². The van der Waals surface area contributed by atoms with Crippen LogP contribution >= 0.6 is 8.58 Å². The molecule has 0 heterocycles. The molecule has 0 N–H and O–H groups in total. The van der Waals surface area contributed by atoms with Gasteiger partial charge in [-0.2, -0.15) is 0 Å². The second kappa shape index (κ2) is 12.7. The quantitative estimate of drug-likeness (QED) is 0.327. The number of carbonyl (C=O) groups is 1. The normalized spacial score (nSPS) is 10.4. The zero-order chi connectivity index (χ0) is 19.6. The van der Waals surface area contributed by atoms with Crippen LogP contribution in [0.3, 0.4) is 0 Å². The number of carbonyl (C=O) groups excluding carboxylic acids is 1. The van der Waals surface area contributed by atoms with E-state index in [0.29, 0.717) is 29.4 Å². The summed E-state index contributed by atoms with van der Waals surface area (Å²) in [5.74, 6) is 2.29. The SMILES string of the molecule is CCCCCOc1ccc(PC(=O)c2c(OC)cc(OC)cc2OC)cc1.[H-].[Li+]. The van der Waals surface area contributed by atoms with Gasteiger partial charge in [-0.3, -0.25) is 4.79 Å². The van der Waals surface area contributed by atoms with E-state index in [4.69, 9.17) is 18.9 Å². The molecule has 28 heavy (non-hydrogen) atoms. The van der Waals surface area contributed by atoms with E-state index in [1.54, 1.807) is 19.2 Å². The van der Waals surface area contributed by atoms with Crippen molar-refractivity contribution in [3.8, 4) is 23.0 Å². The van der Waals surface area contributed by atoms with Gasteiger partial charge in [0, 0.05) is 12.1 Å². The topological polar surface area (TPSA) is 54.0 Å². The minimum atomic E-state index is -0.0528. The van der Waals surface area contributed by atoms with Gasteiger partial charge in [0.25, 0.3) is 0 Å². The Kier molecular flexibility index (Phi) is 11.1. The van der Waals surface area contributed by atoms with Crippen molar-refractivity contribution in [2.45, 2.75) is 26.2 Å². The minimum Gasteiger partial charge on any atom is -1.00 e. The molecule has 148 valence electrons. The van der Waals surface area contributed by atoms with Crippen LogP contribution in [0.25, 0.3) is 0 Å². The van der Waals surface area contributed by atoms with Crippen LogP contribution < -0.4 is 43.1 Å². The summed E-state index contributed by atoms with van der Waals surface area (Å²) in [6.45, 7) is 2.88. The third kappa shape index (κ3) is 6.74. The van der Waals surface area contributed by atoms with Gasteiger partial charge in [0.2, 0.25) is 0 Å². The van der Waals surface area contributed by atoms with E-state index in [-0.39, 0.29) is 34.4 Å². The minimum absolute atomic E-state index is 0. The summed E-state index contributed by atoms with van der Waals surface area (Å²) in [6, 6.07) is 11.0. The number of methoxy groups -OCH3 is 3. The fourth-order valence-corrected chi connectivity index (χ4v) is 3.57. The van der Waals surface area contributed by atoms with Gasteiger partial charge < -0.3 is 20.4 Å². The van der Waals surface area contributed by atoms with E-state index in [1.165, 1.54) is 27.1 Å². The molecule has 1 unspecified atom stereocenters. The second-order valence-corrected chi connectivity index (χ2v) is 7.22. The molecule has 7 heteroatoms. The predicted octanol–water partition coefficient (Wildman–Crippen LogP) is 1.54. The van der Waals surface area contributed by atoms with Gasteiger partial charge in [-0.25, -0.2) is 0 Å². The van der Waals surface area contributed by atoms with Crippen molar-refractivity contribution in [2.24, 2.45) is 0 Å². The number of rotatable bonds is 11. The predicted molar refractivity (Wildman–Crippen MR) is 111 cm³/mol. The van der Waals surface area contributed by atoms with Gasteiger partial charge in [-0.1, -0.05) is 31.9 Å². The molecule has 0 fully saturated rings. The molecular weight excluding hydrogens is 370 g/mol. The Balaban J connectivity index is 0.00000392. The van der Waals surface area contributed by atoms with Crippen molar-refractivity contribution in [1.29, 1.82) is 0 Å². The van der Waals surface area contributed by atoms with Crippen molar-refractivity contribution < 1.29 is 44.0 Å². The Morgan fingerprint density at radius 2 is 1.54 bits per heavy atom. The van der Waals surface area contributed by atoms with Gasteiger partial charge in [0.05, 0.1) is 27.9 Å². The summed E-state index contributed by atoms with van der Waals surface area (Å²) in [5, 5.41) is 0.931. The van der Waals surface area contributed by atoms with Gasteiger partial charge in [0.1, 0.15) is 28.6 Å². The summed E-state index contributed by atoms with van der Waals surface area (Å²) in [5.41, 5.74) is 0.377. The molecule has 0 aromatic heterocycles. The van der Waals surface area contributed by atoms with Crippen LogP contribution in [-0.4, -0.2) is 33.5 Å². The van der Waals surface area contributed by atoms with Gasteiger partial charge in [-0.05, 0) is 32.4 Å². The van der Waals surface area contributed by atoms with Crippen LogP contribution in [0.4, 0.5) is 0 Å². The maximum atomic E-state index is 12.9. The fraction of sp³-hybridized carbons (Fsp3) is 0.381. The largest absolute Gasteiger partial charge is 1.00 e. The molecule has 0 aliphatic rings. The molecule has 0 aliphatic carbocycles. The van der Waals surface area contributed by atoms with Crippen molar-refractivity contribution >= 4 is 19.4 Å². The third-order valence-corrected chi connectivity index (χ3v) is 5.17. The van der Waals surface area contributed by atoms with E-state index in [9.17, 15) is 4.79 Å². The molecule has 0 aliphatic heterocycles. The average Bonchev–Trinajstić information content (AvgIpc) is 2.71. The van der Waals surface area contributed by atoms with Crippen LogP contribution in [-0.2, 0) is 0 Å². The number of hydrogen-bond donors (Lipinski definition) is 0. The van der Waals surface area contributed by atoms with E-state index in [2.05, 4.69) is 6.92 Å². The number of unbranched alkanes of at least 4 members (excludes halogenated alkanes) is 2. The van der Waals surface area contributed by atoms with Gasteiger partial charge >= 0.3 is 18.9 Å². The van der Waals surface area contributed by atoms with Crippen LogP contribution in [0.15, 0.2) is 36.4 Å². The fourth-order valence-electron chi connectivity index (χ4n) is 2.60. The van der Waals surface area contributed by atoms with Gasteiger partial charge in [-0.15, -0.1) is 0 Å². The van der Waals surface area contributed by atoms with Crippen molar-refractivity contribution in [1.82, 2.24) is 0 Å². The standard InChI is InChI=1S/C21H27O5P.Li.H/c1-5-6-7-12-26-15-8-10-17(11-9-15)27-21(22)20-18(24-3)13-16(23-2)14-19(20)25-4;;/h8-11,13-14,27H,5-7,12H2,1-4H3;;/q;+1;-1. The Hall–Kier alpha value is -1.66. The first-order valence-corrected chi connectivity index (χ1v) is 9.97. The average molecular weight is 398 g/mol. The Morgan fingerprint density at radius 1 is 0.929 bits per heavy atom. The molecule has 2 rings (SSSR count). The summed E-state index contributed by atoms with van der Waals surface area (Å²) >= 11 is 0. The maximum Gasteiger partial charge on any atom is 1.00 e. The molecule has 0 radical (unpaired) electrons. The Labute approximate surface area is 182 Å². The summed E-state index contributed by atoms with van der Waals surface area (Å²) in [6.07, 6.45) is 3.39. The maximum absolute atomic E-state index is 12.9. The van der Waals surface area contributed by atoms with Crippen molar-refractivity contribution in [2.75, 3.05) is 27.9 Å². The number of ether oxygens (including phenoxy) is 4. The molecule has 0 saturated carbocycles. The van der Waals surface area contributed by atoms with Gasteiger partial charge in [0.15, 0.2) is 5.52 Å². The molecule has 1 atom stereocenters.